The molecule has 1 aliphatic rings. The highest BCUT2D eigenvalue weighted by Crippen LogP contribution is 2.14. The highest BCUT2D eigenvalue weighted by molar-refractivity contribution is 4.85. The fourth-order valence-corrected chi connectivity index (χ4v) is 1.85. The van der Waals surface area contributed by atoms with E-state index in [2.05, 4.69) is 29.2 Å². The fraction of sp³-hybridized carbons (Fsp3) is 0.818. The molecule has 0 spiro atoms. The molecular formula is C11H20N4O. The molecule has 5 heteroatoms. The van der Waals surface area contributed by atoms with Gasteiger partial charge in [-0.15, -0.1) is 0 Å². The van der Waals surface area contributed by atoms with Crippen LogP contribution in [0.2, 0.25) is 0 Å². The lowest BCUT2D eigenvalue weighted by Gasteiger charge is -2.12. The summed E-state index contributed by atoms with van der Waals surface area (Å²) in [6.45, 7) is 6.74. The molecule has 0 aromatic carbocycles. The first-order valence-corrected chi connectivity index (χ1v) is 5.97. The Balaban J connectivity index is 1.90. The van der Waals surface area contributed by atoms with Gasteiger partial charge in [-0.2, -0.15) is 5.10 Å². The number of hydrogen-bond acceptors (Lipinski definition) is 4. The van der Waals surface area contributed by atoms with Gasteiger partial charge in [0.1, 0.15) is 12.2 Å². The maximum atomic E-state index is 5.60. The van der Waals surface area contributed by atoms with Gasteiger partial charge < -0.3 is 10.1 Å². The summed E-state index contributed by atoms with van der Waals surface area (Å²) in [5.41, 5.74) is 0. The maximum Gasteiger partial charge on any atom is 0.140 e. The van der Waals surface area contributed by atoms with Crippen LogP contribution in [0.15, 0.2) is 6.33 Å². The lowest BCUT2D eigenvalue weighted by atomic mass is 10.2. The van der Waals surface area contributed by atoms with Gasteiger partial charge in [0, 0.05) is 12.6 Å². The first kappa shape index (κ1) is 11.5. The van der Waals surface area contributed by atoms with Crippen molar-refractivity contribution >= 4 is 0 Å². The maximum absolute atomic E-state index is 5.60. The van der Waals surface area contributed by atoms with E-state index < -0.39 is 0 Å². The van der Waals surface area contributed by atoms with Crippen LogP contribution in [-0.2, 0) is 17.8 Å². The molecule has 2 heterocycles. The summed E-state index contributed by atoms with van der Waals surface area (Å²) in [5, 5.41) is 7.59. The fourth-order valence-electron chi connectivity index (χ4n) is 1.85. The van der Waals surface area contributed by atoms with E-state index in [-0.39, 0.29) is 0 Å². The Morgan fingerprint density at radius 3 is 3.19 bits per heavy atom. The van der Waals surface area contributed by atoms with Gasteiger partial charge in [0.05, 0.1) is 19.2 Å². The molecule has 90 valence electrons. The van der Waals surface area contributed by atoms with Gasteiger partial charge >= 0.3 is 0 Å². The van der Waals surface area contributed by atoms with Crippen molar-refractivity contribution in [3.8, 4) is 0 Å². The van der Waals surface area contributed by atoms with Crippen LogP contribution in [0.4, 0.5) is 0 Å². The van der Waals surface area contributed by atoms with Crippen LogP contribution in [0.5, 0.6) is 0 Å². The smallest absolute Gasteiger partial charge is 0.140 e. The Morgan fingerprint density at radius 2 is 2.50 bits per heavy atom. The molecule has 1 N–H and O–H groups in total. The Morgan fingerprint density at radius 1 is 1.62 bits per heavy atom. The van der Waals surface area contributed by atoms with Gasteiger partial charge in [-0.1, -0.05) is 13.8 Å². The molecular weight excluding hydrogens is 204 g/mol. The standard InChI is InChI=1S/C11H20N4O/c1-9(2)12-6-11-13-8-14-15(11)7-10-4-3-5-16-10/h8-10,12H,3-7H2,1-2H3. The second kappa shape index (κ2) is 5.41. The highest BCUT2D eigenvalue weighted by atomic mass is 16.5. The Hall–Kier alpha value is -0.940. The molecule has 1 saturated heterocycles. The number of aromatic nitrogens is 3. The highest BCUT2D eigenvalue weighted by Gasteiger charge is 2.17. The third-order valence-electron chi connectivity index (χ3n) is 2.76. The van der Waals surface area contributed by atoms with Crippen molar-refractivity contribution in [2.75, 3.05) is 6.61 Å². The molecule has 0 aliphatic carbocycles. The summed E-state index contributed by atoms with van der Waals surface area (Å²) < 4.78 is 7.55. The SMILES string of the molecule is CC(C)NCc1ncnn1CC1CCCO1. The monoisotopic (exact) mass is 224 g/mol. The van der Waals surface area contributed by atoms with Crippen LogP contribution < -0.4 is 5.32 Å². The predicted octanol–water partition coefficient (Wildman–Crippen LogP) is 0.955. The Labute approximate surface area is 96.2 Å². The molecule has 16 heavy (non-hydrogen) atoms. The van der Waals surface area contributed by atoms with E-state index in [1.165, 1.54) is 6.42 Å². The Bertz CT molecular complexity index is 318. The summed E-state index contributed by atoms with van der Waals surface area (Å²) in [6, 6.07) is 0.466. The third-order valence-corrected chi connectivity index (χ3v) is 2.76. The van der Waals surface area contributed by atoms with Gasteiger partial charge in [-0.25, -0.2) is 9.67 Å². The Kier molecular flexibility index (Phi) is 3.90. The largest absolute Gasteiger partial charge is 0.376 e. The van der Waals surface area contributed by atoms with Crippen LogP contribution in [0.25, 0.3) is 0 Å². The lowest BCUT2D eigenvalue weighted by Crippen LogP contribution is -2.26. The predicted molar refractivity (Wildman–Crippen MR) is 61.0 cm³/mol. The minimum atomic E-state index is 0.319. The lowest BCUT2D eigenvalue weighted by molar-refractivity contribution is 0.0929. The van der Waals surface area contributed by atoms with E-state index in [1.807, 2.05) is 4.68 Å². The van der Waals surface area contributed by atoms with Crippen LogP contribution >= 0.6 is 0 Å². The van der Waals surface area contributed by atoms with Gasteiger partial charge in [-0.05, 0) is 12.8 Å². The minimum Gasteiger partial charge on any atom is -0.376 e. The zero-order chi connectivity index (χ0) is 11.4. The zero-order valence-corrected chi connectivity index (χ0v) is 10.0. The van der Waals surface area contributed by atoms with E-state index in [4.69, 9.17) is 4.74 Å². The van der Waals surface area contributed by atoms with E-state index >= 15 is 0 Å². The van der Waals surface area contributed by atoms with Crippen LogP contribution in [0, 0.1) is 0 Å². The molecule has 0 amide bonds. The van der Waals surface area contributed by atoms with Crippen molar-refractivity contribution in [3.05, 3.63) is 12.2 Å². The number of nitrogens with zero attached hydrogens (tertiary/aromatic N) is 3. The summed E-state index contributed by atoms with van der Waals surface area (Å²) in [5.74, 6) is 0.990. The van der Waals surface area contributed by atoms with E-state index in [9.17, 15) is 0 Å². The van der Waals surface area contributed by atoms with Crippen molar-refractivity contribution in [2.24, 2.45) is 0 Å². The molecule has 0 saturated carbocycles. The van der Waals surface area contributed by atoms with Crippen molar-refractivity contribution < 1.29 is 4.74 Å². The van der Waals surface area contributed by atoms with Crippen molar-refractivity contribution in [1.29, 1.82) is 0 Å². The van der Waals surface area contributed by atoms with Crippen molar-refractivity contribution in [1.82, 2.24) is 20.1 Å². The van der Waals surface area contributed by atoms with Crippen LogP contribution in [0.1, 0.15) is 32.5 Å². The average Bonchev–Trinajstić information content (AvgIpc) is 2.87. The van der Waals surface area contributed by atoms with E-state index in [0.717, 1.165) is 31.9 Å². The number of rotatable bonds is 5. The summed E-state index contributed by atoms with van der Waals surface area (Å²) in [4.78, 5) is 4.26. The van der Waals surface area contributed by atoms with Gasteiger partial charge in [0.2, 0.25) is 0 Å². The topological polar surface area (TPSA) is 52.0 Å². The van der Waals surface area contributed by atoms with Crippen molar-refractivity contribution in [3.63, 3.8) is 0 Å². The second-order valence-corrected chi connectivity index (χ2v) is 4.53. The molecule has 1 unspecified atom stereocenters. The molecule has 1 aromatic heterocycles. The number of ether oxygens (including phenoxy) is 1. The summed E-state index contributed by atoms with van der Waals surface area (Å²) in [7, 11) is 0. The molecule has 2 rings (SSSR count). The molecule has 0 bridgehead atoms. The molecule has 0 radical (unpaired) electrons. The summed E-state index contributed by atoms with van der Waals surface area (Å²) in [6.07, 6.45) is 4.24. The molecule has 1 aromatic rings. The second-order valence-electron chi connectivity index (χ2n) is 4.53. The zero-order valence-electron chi connectivity index (χ0n) is 10.0. The summed E-state index contributed by atoms with van der Waals surface area (Å²) >= 11 is 0. The van der Waals surface area contributed by atoms with Crippen LogP contribution in [-0.4, -0.2) is 33.5 Å². The van der Waals surface area contributed by atoms with Gasteiger partial charge in [0.25, 0.3) is 0 Å². The quantitative estimate of drug-likeness (QED) is 0.809. The number of nitrogens with one attached hydrogen (secondary N) is 1. The number of hydrogen-bond donors (Lipinski definition) is 1. The normalized spacial score (nSPS) is 20.8. The first-order valence-electron chi connectivity index (χ1n) is 5.97. The molecule has 5 nitrogen and oxygen atoms in total. The van der Waals surface area contributed by atoms with Crippen LogP contribution in [0.3, 0.4) is 0 Å². The van der Waals surface area contributed by atoms with Gasteiger partial charge in [0.15, 0.2) is 0 Å². The third kappa shape index (κ3) is 3.02. The molecule has 1 fully saturated rings. The molecule has 1 atom stereocenters. The molecule has 1 aliphatic heterocycles. The first-order chi connectivity index (χ1) is 7.75. The van der Waals surface area contributed by atoms with E-state index in [1.54, 1.807) is 6.33 Å². The average molecular weight is 224 g/mol. The minimum absolute atomic E-state index is 0.319. The van der Waals surface area contributed by atoms with E-state index in [0.29, 0.717) is 12.1 Å². The van der Waals surface area contributed by atoms with Crippen molar-refractivity contribution in [2.45, 2.75) is 51.9 Å². The van der Waals surface area contributed by atoms with Gasteiger partial charge in [-0.3, -0.25) is 0 Å².